The number of imidazole rings is 1. The molecular weight excluding hydrogens is 229 g/mol. The number of aromatic nitrogens is 2. The standard InChI is InChI=1S/C13H16N3P/c17-13(12-5-2-1-3-6-12)15-7-4-9-16-10-8-14-11-16/h1-3,5-6,8,10-11H,4,7,9,17H2/b15-13+. The Morgan fingerprint density at radius 1 is 1.29 bits per heavy atom. The third-order valence-corrected chi connectivity index (χ3v) is 3.00. The Bertz CT molecular complexity index is 463. The van der Waals surface area contributed by atoms with Crippen molar-refractivity contribution < 1.29 is 0 Å². The predicted molar refractivity (Wildman–Crippen MR) is 74.4 cm³/mol. The Balaban J connectivity index is 1.81. The van der Waals surface area contributed by atoms with E-state index in [0.717, 1.165) is 25.0 Å². The van der Waals surface area contributed by atoms with Crippen LogP contribution in [0.1, 0.15) is 12.0 Å². The fourth-order valence-corrected chi connectivity index (χ4v) is 1.89. The molecule has 0 fully saturated rings. The van der Waals surface area contributed by atoms with Crippen LogP contribution in [0.2, 0.25) is 0 Å². The van der Waals surface area contributed by atoms with Crippen LogP contribution in [-0.2, 0) is 6.54 Å². The van der Waals surface area contributed by atoms with Crippen LogP contribution in [0.3, 0.4) is 0 Å². The molecule has 0 bridgehead atoms. The molecule has 0 saturated heterocycles. The van der Waals surface area contributed by atoms with Crippen molar-refractivity contribution in [3.8, 4) is 0 Å². The molecule has 2 rings (SSSR count). The van der Waals surface area contributed by atoms with Crippen molar-refractivity contribution in [1.82, 2.24) is 9.55 Å². The maximum atomic E-state index is 4.54. The summed E-state index contributed by atoms with van der Waals surface area (Å²) >= 11 is 0. The highest BCUT2D eigenvalue weighted by Gasteiger charge is 1.95. The van der Waals surface area contributed by atoms with Crippen molar-refractivity contribution in [2.45, 2.75) is 13.0 Å². The quantitative estimate of drug-likeness (QED) is 0.452. The van der Waals surface area contributed by atoms with Crippen LogP contribution in [0, 0.1) is 0 Å². The van der Waals surface area contributed by atoms with Gasteiger partial charge in [0.25, 0.3) is 0 Å². The van der Waals surface area contributed by atoms with Crippen molar-refractivity contribution in [2.75, 3.05) is 6.54 Å². The Labute approximate surface area is 104 Å². The second kappa shape index (κ2) is 6.31. The van der Waals surface area contributed by atoms with Crippen LogP contribution in [-0.4, -0.2) is 21.5 Å². The van der Waals surface area contributed by atoms with E-state index in [1.54, 1.807) is 6.20 Å². The van der Waals surface area contributed by atoms with Crippen LogP contribution < -0.4 is 0 Å². The highest BCUT2D eigenvalue weighted by Crippen LogP contribution is 2.07. The minimum absolute atomic E-state index is 0.839. The summed E-state index contributed by atoms with van der Waals surface area (Å²) in [6, 6.07) is 10.2. The Morgan fingerprint density at radius 3 is 2.82 bits per heavy atom. The first-order chi connectivity index (χ1) is 8.36. The molecule has 1 aromatic heterocycles. The van der Waals surface area contributed by atoms with Gasteiger partial charge in [0.05, 0.1) is 11.8 Å². The molecule has 3 nitrogen and oxygen atoms in total. The maximum absolute atomic E-state index is 4.54. The minimum Gasteiger partial charge on any atom is -0.337 e. The summed E-state index contributed by atoms with van der Waals surface area (Å²) in [5.74, 6) is 0. The molecule has 0 N–H and O–H groups in total. The van der Waals surface area contributed by atoms with E-state index in [0.29, 0.717) is 0 Å². The third-order valence-electron chi connectivity index (χ3n) is 2.49. The lowest BCUT2D eigenvalue weighted by Gasteiger charge is -2.02. The zero-order valence-corrected chi connectivity index (χ0v) is 10.8. The summed E-state index contributed by atoms with van der Waals surface area (Å²) in [4.78, 5) is 8.55. The van der Waals surface area contributed by atoms with Gasteiger partial charge in [0.1, 0.15) is 0 Å². The van der Waals surface area contributed by atoms with Gasteiger partial charge in [0.2, 0.25) is 0 Å². The fourth-order valence-electron chi connectivity index (χ4n) is 1.57. The number of aliphatic imine (C=N–C) groups is 1. The summed E-state index contributed by atoms with van der Waals surface area (Å²) in [7, 11) is 2.70. The lowest BCUT2D eigenvalue weighted by Crippen LogP contribution is -1.98. The van der Waals surface area contributed by atoms with Gasteiger partial charge in [-0.2, -0.15) is 0 Å². The topological polar surface area (TPSA) is 30.2 Å². The van der Waals surface area contributed by atoms with E-state index >= 15 is 0 Å². The molecule has 1 atom stereocenters. The number of nitrogens with zero attached hydrogens (tertiary/aromatic N) is 3. The highest BCUT2D eigenvalue weighted by atomic mass is 31.0. The van der Waals surface area contributed by atoms with Gasteiger partial charge in [-0.3, -0.25) is 4.99 Å². The minimum atomic E-state index is 0.839. The molecule has 1 aromatic carbocycles. The number of hydrogen-bond donors (Lipinski definition) is 0. The summed E-state index contributed by atoms with van der Waals surface area (Å²) < 4.78 is 2.07. The smallest absolute Gasteiger partial charge is 0.0945 e. The molecule has 0 aliphatic carbocycles. The monoisotopic (exact) mass is 245 g/mol. The highest BCUT2D eigenvalue weighted by molar-refractivity contribution is 7.42. The summed E-state index contributed by atoms with van der Waals surface area (Å²) in [6.45, 7) is 1.81. The molecule has 0 amide bonds. The molecule has 0 aliphatic heterocycles. The average Bonchev–Trinajstić information content (AvgIpc) is 2.88. The van der Waals surface area contributed by atoms with E-state index in [2.05, 4.69) is 35.9 Å². The summed E-state index contributed by atoms with van der Waals surface area (Å²) in [6.07, 6.45) is 6.64. The molecule has 1 unspecified atom stereocenters. The third kappa shape index (κ3) is 3.79. The first kappa shape index (κ1) is 12.0. The fraction of sp³-hybridized carbons (Fsp3) is 0.231. The van der Waals surface area contributed by atoms with Gasteiger partial charge in [-0.15, -0.1) is 0 Å². The maximum Gasteiger partial charge on any atom is 0.0945 e. The molecule has 0 spiro atoms. The summed E-state index contributed by atoms with van der Waals surface area (Å²) in [5, 5.41) is 0. The molecule has 2 aromatic rings. The van der Waals surface area contributed by atoms with Gasteiger partial charge >= 0.3 is 0 Å². The first-order valence-electron chi connectivity index (χ1n) is 5.67. The van der Waals surface area contributed by atoms with Gasteiger partial charge in [0.15, 0.2) is 0 Å². The molecule has 1 heterocycles. The molecule has 0 radical (unpaired) electrons. The first-order valence-corrected chi connectivity index (χ1v) is 6.25. The Hall–Kier alpha value is -1.47. The van der Waals surface area contributed by atoms with E-state index < -0.39 is 0 Å². The Morgan fingerprint density at radius 2 is 2.12 bits per heavy atom. The van der Waals surface area contributed by atoms with Gasteiger partial charge in [0, 0.05) is 25.5 Å². The van der Waals surface area contributed by atoms with E-state index in [1.807, 2.05) is 30.7 Å². The zero-order valence-electron chi connectivity index (χ0n) is 9.66. The van der Waals surface area contributed by atoms with Crippen molar-refractivity contribution in [3.05, 3.63) is 54.6 Å². The average molecular weight is 245 g/mol. The van der Waals surface area contributed by atoms with Gasteiger partial charge in [-0.25, -0.2) is 4.98 Å². The predicted octanol–water partition coefficient (Wildman–Crippen LogP) is 2.60. The SMILES string of the molecule is P/C(=N/CCCn1ccnc1)c1ccccc1. The van der Waals surface area contributed by atoms with Gasteiger partial charge in [-0.05, 0) is 12.0 Å². The van der Waals surface area contributed by atoms with Gasteiger partial charge in [-0.1, -0.05) is 39.6 Å². The largest absolute Gasteiger partial charge is 0.337 e. The molecule has 88 valence electrons. The van der Waals surface area contributed by atoms with Crippen molar-refractivity contribution in [2.24, 2.45) is 4.99 Å². The molecular formula is C13H16N3P. The van der Waals surface area contributed by atoms with Crippen LogP contribution in [0.25, 0.3) is 0 Å². The number of hydrogen-bond acceptors (Lipinski definition) is 2. The van der Waals surface area contributed by atoms with Crippen LogP contribution >= 0.6 is 9.24 Å². The van der Waals surface area contributed by atoms with E-state index in [4.69, 9.17) is 0 Å². The Kier molecular flexibility index (Phi) is 4.45. The zero-order chi connectivity index (χ0) is 11.9. The molecule has 17 heavy (non-hydrogen) atoms. The van der Waals surface area contributed by atoms with Crippen LogP contribution in [0.4, 0.5) is 0 Å². The van der Waals surface area contributed by atoms with Gasteiger partial charge < -0.3 is 4.57 Å². The number of benzene rings is 1. The molecule has 0 aliphatic rings. The number of aryl methyl sites for hydroxylation is 1. The molecule has 0 saturated carbocycles. The van der Waals surface area contributed by atoms with Crippen LogP contribution in [0.5, 0.6) is 0 Å². The van der Waals surface area contributed by atoms with Crippen molar-refractivity contribution in [1.29, 1.82) is 0 Å². The lowest BCUT2D eigenvalue weighted by atomic mass is 10.2. The lowest BCUT2D eigenvalue weighted by molar-refractivity contribution is 0.651. The van der Waals surface area contributed by atoms with Crippen molar-refractivity contribution >= 4 is 14.7 Å². The second-order valence-corrected chi connectivity index (χ2v) is 4.33. The van der Waals surface area contributed by atoms with E-state index in [-0.39, 0.29) is 0 Å². The van der Waals surface area contributed by atoms with E-state index in [9.17, 15) is 0 Å². The normalized spacial score (nSPS) is 11.7. The number of rotatable bonds is 5. The van der Waals surface area contributed by atoms with E-state index in [1.165, 1.54) is 5.56 Å². The van der Waals surface area contributed by atoms with Crippen LogP contribution in [0.15, 0.2) is 54.0 Å². The van der Waals surface area contributed by atoms with Crippen molar-refractivity contribution in [3.63, 3.8) is 0 Å². The summed E-state index contributed by atoms with van der Waals surface area (Å²) in [5.41, 5.74) is 2.19. The molecule has 4 heteroatoms. The second-order valence-electron chi connectivity index (χ2n) is 3.79.